The molecule has 0 atom stereocenters. The van der Waals surface area contributed by atoms with E-state index in [0.29, 0.717) is 12.0 Å². The summed E-state index contributed by atoms with van der Waals surface area (Å²) in [4.78, 5) is 16.8. The number of nitrogens with zero attached hydrogens (tertiary/aromatic N) is 3. The van der Waals surface area contributed by atoms with Crippen molar-refractivity contribution in [2.24, 2.45) is 0 Å². The van der Waals surface area contributed by atoms with E-state index in [1.165, 1.54) is 12.1 Å². The summed E-state index contributed by atoms with van der Waals surface area (Å²) in [7, 11) is 0. The Morgan fingerprint density at radius 1 is 1.20 bits per heavy atom. The molecular formula is C21H23F3N4O2. The van der Waals surface area contributed by atoms with Gasteiger partial charge in [0.05, 0.1) is 5.69 Å². The Morgan fingerprint density at radius 2 is 1.97 bits per heavy atom. The molecule has 30 heavy (non-hydrogen) atoms. The molecule has 1 amide bonds. The zero-order valence-electron chi connectivity index (χ0n) is 17.0. The molecule has 6 nitrogen and oxygen atoms in total. The van der Waals surface area contributed by atoms with Crippen molar-refractivity contribution >= 4 is 11.6 Å². The SMILES string of the molecule is Cc1cc2nc(C)c(CCC(=O)NCc3cccc(OCC(F)(F)F)c3)c(C)n2n1. The van der Waals surface area contributed by atoms with Crippen LogP contribution < -0.4 is 10.1 Å². The van der Waals surface area contributed by atoms with Crippen LogP contribution in [-0.4, -0.2) is 33.3 Å². The molecule has 1 aromatic carbocycles. The molecule has 0 radical (unpaired) electrons. The Balaban J connectivity index is 1.56. The highest BCUT2D eigenvalue weighted by molar-refractivity contribution is 5.76. The van der Waals surface area contributed by atoms with Crippen molar-refractivity contribution in [3.8, 4) is 5.75 Å². The average Bonchev–Trinajstić information content (AvgIpc) is 3.04. The van der Waals surface area contributed by atoms with E-state index in [-0.39, 0.29) is 24.6 Å². The van der Waals surface area contributed by atoms with Gasteiger partial charge in [0.2, 0.25) is 5.91 Å². The fourth-order valence-electron chi connectivity index (χ4n) is 3.24. The molecule has 0 aliphatic carbocycles. The van der Waals surface area contributed by atoms with E-state index in [1.54, 1.807) is 16.6 Å². The van der Waals surface area contributed by atoms with Crippen LogP contribution in [0, 0.1) is 20.8 Å². The van der Waals surface area contributed by atoms with Gasteiger partial charge in [-0.15, -0.1) is 0 Å². The number of rotatable bonds is 7. The minimum atomic E-state index is -4.40. The molecule has 3 aromatic rings. The predicted molar refractivity (Wildman–Crippen MR) is 105 cm³/mol. The van der Waals surface area contributed by atoms with Crippen LogP contribution in [0.1, 0.15) is 34.6 Å². The number of benzene rings is 1. The van der Waals surface area contributed by atoms with Crippen LogP contribution in [0.2, 0.25) is 0 Å². The molecule has 0 aliphatic heterocycles. The number of aryl methyl sites for hydroxylation is 3. The number of aromatic nitrogens is 3. The Labute approximate surface area is 172 Å². The van der Waals surface area contributed by atoms with Crippen molar-refractivity contribution in [1.29, 1.82) is 0 Å². The minimum Gasteiger partial charge on any atom is -0.484 e. The number of alkyl halides is 3. The Bertz CT molecular complexity index is 1060. The molecule has 3 rings (SSSR count). The maximum atomic E-state index is 12.3. The van der Waals surface area contributed by atoms with Crippen LogP contribution in [0.25, 0.3) is 5.65 Å². The number of carbonyl (C=O) groups is 1. The number of halogens is 3. The summed E-state index contributed by atoms with van der Waals surface area (Å²) in [5.74, 6) is -0.0497. The summed E-state index contributed by atoms with van der Waals surface area (Å²) in [6.45, 7) is 4.62. The number of amides is 1. The first kappa shape index (κ1) is 21.6. The van der Waals surface area contributed by atoms with Gasteiger partial charge in [-0.1, -0.05) is 12.1 Å². The maximum Gasteiger partial charge on any atom is 0.422 e. The first-order chi connectivity index (χ1) is 14.1. The molecule has 0 fully saturated rings. The zero-order chi connectivity index (χ0) is 21.9. The molecule has 9 heteroatoms. The second kappa shape index (κ2) is 8.73. The predicted octanol–water partition coefficient (Wildman–Crippen LogP) is 3.84. The topological polar surface area (TPSA) is 68.5 Å². The van der Waals surface area contributed by atoms with E-state index in [0.717, 1.165) is 28.3 Å². The van der Waals surface area contributed by atoms with Crippen LogP contribution in [0.15, 0.2) is 30.3 Å². The van der Waals surface area contributed by atoms with Gasteiger partial charge in [0.25, 0.3) is 0 Å². The smallest absolute Gasteiger partial charge is 0.422 e. The van der Waals surface area contributed by atoms with E-state index in [9.17, 15) is 18.0 Å². The van der Waals surface area contributed by atoms with Crippen molar-refractivity contribution in [3.63, 3.8) is 0 Å². The van der Waals surface area contributed by atoms with Crippen molar-refractivity contribution in [1.82, 2.24) is 19.9 Å². The van der Waals surface area contributed by atoms with Crippen LogP contribution >= 0.6 is 0 Å². The molecule has 0 saturated heterocycles. The monoisotopic (exact) mass is 420 g/mol. The van der Waals surface area contributed by atoms with Crippen molar-refractivity contribution in [2.75, 3.05) is 6.61 Å². The van der Waals surface area contributed by atoms with Crippen molar-refractivity contribution < 1.29 is 22.7 Å². The quantitative estimate of drug-likeness (QED) is 0.631. The first-order valence-electron chi connectivity index (χ1n) is 9.50. The van der Waals surface area contributed by atoms with Gasteiger partial charge in [-0.3, -0.25) is 4.79 Å². The molecule has 0 unspecified atom stereocenters. The summed E-state index contributed by atoms with van der Waals surface area (Å²) >= 11 is 0. The van der Waals surface area contributed by atoms with Crippen LogP contribution in [0.5, 0.6) is 5.75 Å². The molecule has 0 aliphatic rings. The maximum absolute atomic E-state index is 12.3. The van der Waals surface area contributed by atoms with E-state index in [2.05, 4.69) is 15.4 Å². The fourth-order valence-corrected chi connectivity index (χ4v) is 3.24. The third-order valence-corrected chi connectivity index (χ3v) is 4.68. The molecule has 2 aromatic heterocycles. The highest BCUT2D eigenvalue weighted by Gasteiger charge is 2.28. The average molecular weight is 420 g/mol. The number of hydrogen-bond donors (Lipinski definition) is 1. The largest absolute Gasteiger partial charge is 0.484 e. The van der Waals surface area contributed by atoms with Gasteiger partial charge >= 0.3 is 6.18 Å². The zero-order valence-corrected chi connectivity index (χ0v) is 17.0. The Kier molecular flexibility index (Phi) is 6.28. The van der Waals surface area contributed by atoms with E-state index >= 15 is 0 Å². The van der Waals surface area contributed by atoms with Gasteiger partial charge in [-0.2, -0.15) is 18.3 Å². The van der Waals surface area contributed by atoms with Crippen molar-refractivity contribution in [3.05, 3.63) is 58.5 Å². The van der Waals surface area contributed by atoms with Gasteiger partial charge in [-0.05, 0) is 50.5 Å². The molecule has 160 valence electrons. The molecular weight excluding hydrogens is 397 g/mol. The summed E-state index contributed by atoms with van der Waals surface area (Å²) in [6.07, 6.45) is -3.62. The van der Waals surface area contributed by atoms with Crippen molar-refractivity contribution in [2.45, 2.75) is 46.3 Å². The number of ether oxygens (including phenoxy) is 1. The Hall–Kier alpha value is -3.10. The number of carbonyl (C=O) groups excluding carboxylic acids is 1. The first-order valence-corrected chi connectivity index (χ1v) is 9.50. The highest BCUT2D eigenvalue weighted by Crippen LogP contribution is 2.20. The van der Waals surface area contributed by atoms with E-state index in [4.69, 9.17) is 4.74 Å². The number of nitrogens with one attached hydrogen (secondary N) is 1. The highest BCUT2D eigenvalue weighted by atomic mass is 19.4. The summed E-state index contributed by atoms with van der Waals surface area (Å²) < 4.78 is 43.3. The third kappa shape index (κ3) is 5.49. The summed E-state index contributed by atoms with van der Waals surface area (Å²) in [6, 6.07) is 8.14. The van der Waals surface area contributed by atoms with Crippen LogP contribution in [-0.2, 0) is 17.8 Å². The summed E-state index contributed by atoms with van der Waals surface area (Å²) in [5, 5.41) is 7.22. The lowest BCUT2D eigenvalue weighted by atomic mass is 10.1. The Morgan fingerprint density at radius 3 is 2.70 bits per heavy atom. The second-order valence-corrected chi connectivity index (χ2v) is 7.14. The van der Waals surface area contributed by atoms with Crippen LogP contribution in [0.4, 0.5) is 13.2 Å². The van der Waals surface area contributed by atoms with Gasteiger partial charge in [0.15, 0.2) is 12.3 Å². The second-order valence-electron chi connectivity index (χ2n) is 7.14. The van der Waals surface area contributed by atoms with Gasteiger partial charge < -0.3 is 10.1 Å². The lowest BCUT2D eigenvalue weighted by molar-refractivity contribution is -0.153. The molecule has 0 saturated carbocycles. The van der Waals surface area contributed by atoms with Gasteiger partial charge in [0.1, 0.15) is 5.75 Å². The molecule has 1 N–H and O–H groups in total. The van der Waals surface area contributed by atoms with Crippen LogP contribution in [0.3, 0.4) is 0 Å². The third-order valence-electron chi connectivity index (χ3n) is 4.68. The van der Waals surface area contributed by atoms with Gasteiger partial charge in [-0.25, -0.2) is 9.50 Å². The minimum absolute atomic E-state index is 0.110. The molecule has 2 heterocycles. The van der Waals surface area contributed by atoms with Gasteiger partial charge in [0, 0.05) is 30.4 Å². The lowest BCUT2D eigenvalue weighted by Gasteiger charge is -2.12. The lowest BCUT2D eigenvalue weighted by Crippen LogP contribution is -2.23. The molecule has 0 bridgehead atoms. The number of fused-ring (bicyclic) bond motifs is 1. The number of hydrogen-bond acceptors (Lipinski definition) is 4. The van der Waals surface area contributed by atoms with E-state index < -0.39 is 12.8 Å². The normalized spacial score (nSPS) is 11.7. The summed E-state index contributed by atoms with van der Waals surface area (Å²) in [5.41, 5.74) is 5.11. The molecule has 0 spiro atoms. The fraction of sp³-hybridized carbons (Fsp3) is 0.381. The van der Waals surface area contributed by atoms with E-state index in [1.807, 2.05) is 26.8 Å². The standard InChI is InChI=1S/C21H23F3N4O2/c1-13-9-19-26-14(2)18(15(3)28(19)27-13)7-8-20(29)25-11-16-5-4-6-17(10-16)30-12-21(22,23)24/h4-6,9-10H,7-8,11-12H2,1-3H3,(H,25,29).